The van der Waals surface area contributed by atoms with Gasteiger partial charge in [-0.2, -0.15) is 9.65 Å². The lowest BCUT2D eigenvalue weighted by Gasteiger charge is -2.32. The summed E-state index contributed by atoms with van der Waals surface area (Å²) in [6, 6.07) is 4.71. The van der Waals surface area contributed by atoms with Gasteiger partial charge in [0.2, 0.25) is 5.95 Å². The molecule has 1 aromatic rings. The van der Waals surface area contributed by atoms with Crippen LogP contribution in [0.15, 0.2) is 12.1 Å². The number of halogens is 1. The zero-order valence-electron chi connectivity index (χ0n) is 10.8. The van der Waals surface area contributed by atoms with E-state index in [1.54, 1.807) is 6.07 Å². The molecule has 0 amide bonds. The maximum Gasteiger partial charge on any atom is 0.499 e. The van der Waals surface area contributed by atoms with Gasteiger partial charge in [0, 0.05) is 5.46 Å². The fraction of sp³-hybridized carbons (Fsp3) is 0.500. The van der Waals surface area contributed by atoms with Crippen LogP contribution < -0.4 is 5.46 Å². The molecule has 0 N–H and O–H groups in total. The Morgan fingerprint density at radius 2 is 1.78 bits per heavy atom. The molecule has 0 bridgehead atoms. The van der Waals surface area contributed by atoms with Crippen molar-refractivity contribution in [2.75, 3.05) is 0 Å². The maximum absolute atomic E-state index is 13.8. The number of rotatable bonds is 1. The molecule has 0 aliphatic carbocycles. The van der Waals surface area contributed by atoms with Gasteiger partial charge in [0.05, 0.1) is 11.2 Å². The third-order valence-electron chi connectivity index (χ3n) is 3.50. The maximum atomic E-state index is 13.8. The van der Waals surface area contributed by atoms with Crippen molar-refractivity contribution >= 4 is 12.6 Å². The van der Waals surface area contributed by atoms with Crippen LogP contribution >= 0.6 is 0 Å². The van der Waals surface area contributed by atoms with E-state index in [-0.39, 0.29) is 11.2 Å². The minimum atomic E-state index is -0.796. The van der Waals surface area contributed by atoms with E-state index in [4.69, 9.17) is 14.6 Å². The van der Waals surface area contributed by atoms with Crippen LogP contribution in [0.4, 0.5) is 4.39 Å². The SMILES string of the molecule is CC1(C)OB(c2ccc(C#N)nc2F)OC1(C)C. The number of nitrogens with zero attached hydrogens (tertiary/aromatic N) is 2. The fourth-order valence-electron chi connectivity index (χ4n) is 1.65. The second kappa shape index (κ2) is 4.04. The highest BCUT2D eigenvalue weighted by Crippen LogP contribution is 2.36. The van der Waals surface area contributed by atoms with Crippen LogP contribution in [0.3, 0.4) is 0 Å². The standard InChI is InChI=1S/C12H14BFN2O2/c1-11(2)12(3,4)18-13(17-11)9-6-5-8(7-15)16-10(9)14/h5-6H,1-4H3. The van der Waals surface area contributed by atoms with Crippen molar-refractivity contribution in [1.29, 1.82) is 5.26 Å². The molecule has 6 heteroatoms. The zero-order chi connectivity index (χ0) is 13.6. The van der Waals surface area contributed by atoms with E-state index < -0.39 is 24.3 Å². The molecule has 0 unspecified atom stereocenters. The summed E-state index contributed by atoms with van der Waals surface area (Å²) in [5.41, 5.74) is -0.809. The second-order valence-electron chi connectivity index (χ2n) is 5.28. The second-order valence-corrected chi connectivity index (χ2v) is 5.28. The van der Waals surface area contributed by atoms with Crippen LogP contribution in [0.1, 0.15) is 33.4 Å². The van der Waals surface area contributed by atoms with E-state index in [1.807, 2.05) is 27.7 Å². The van der Waals surface area contributed by atoms with Gasteiger partial charge in [-0.3, -0.25) is 0 Å². The lowest BCUT2D eigenvalue weighted by atomic mass is 9.80. The molecule has 0 spiro atoms. The fourth-order valence-corrected chi connectivity index (χ4v) is 1.65. The van der Waals surface area contributed by atoms with E-state index in [0.717, 1.165) is 0 Å². The highest BCUT2D eigenvalue weighted by atomic mass is 19.1. The Kier molecular flexibility index (Phi) is 2.92. The molecule has 94 valence electrons. The summed E-state index contributed by atoms with van der Waals surface area (Å²) in [7, 11) is -0.796. The smallest absolute Gasteiger partial charge is 0.399 e. The first-order valence-electron chi connectivity index (χ1n) is 5.69. The van der Waals surface area contributed by atoms with Crippen LogP contribution in [0.25, 0.3) is 0 Å². The average Bonchev–Trinajstić information content (AvgIpc) is 2.47. The molecule has 18 heavy (non-hydrogen) atoms. The lowest BCUT2D eigenvalue weighted by Crippen LogP contribution is -2.41. The van der Waals surface area contributed by atoms with Crippen molar-refractivity contribution in [3.05, 3.63) is 23.8 Å². The van der Waals surface area contributed by atoms with Gasteiger partial charge in [0.25, 0.3) is 0 Å². The molecule has 1 aliphatic rings. The van der Waals surface area contributed by atoms with Crippen LogP contribution in [0.2, 0.25) is 0 Å². The van der Waals surface area contributed by atoms with E-state index >= 15 is 0 Å². The highest BCUT2D eigenvalue weighted by Gasteiger charge is 2.52. The normalized spacial score (nSPS) is 20.8. The first kappa shape index (κ1) is 13.0. The van der Waals surface area contributed by atoms with Gasteiger partial charge in [-0.05, 0) is 33.8 Å². The summed E-state index contributed by atoms with van der Waals surface area (Å²) in [5, 5.41) is 8.64. The lowest BCUT2D eigenvalue weighted by molar-refractivity contribution is 0.00578. The van der Waals surface area contributed by atoms with Gasteiger partial charge >= 0.3 is 7.12 Å². The Labute approximate surface area is 106 Å². The molecule has 2 heterocycles. The molecule has 1 fully saturated rings. The predicted octanol–water partition coefficient (Wildman–Crippen LogP) is 1.39. The van der Waals surface area contributed by atoms with Crippen LogP contribution in [-0.2, 0) is 9.31 Å². The van der Waals surface area contributed by atoms with Crippen molar-refractivity contribution in [1.82, 2.24) is 4.98 Å². The first-order valence-corrected chi connectivity index (χ1v) is 5.69. The molecule has 0 saturated carbocycles. The van der Waals surface area contributed by atoms with Gasteiger partial charge in [-0.1, -0.05) is 6.07 Å². The molecular weight excluding hydrogens is 234 g/mol. The molecule has 0 radical (unpaired) electrons. The summed E-state index contributed by atoms with van der Waals surface area (Å²) in [5.74, 6) is -0.729. The van der Waals surface area contributed by atoms with Crippen LogP contribution in [-0.4, -0.2) is 23.3 Å². The molecule has 2 rings (SSSR count). The number of aromatic nitrogens is 1. The minimum Gasteiger partial charge on any atom is -0.399 e. The quantitative estimate of drug-likeness (QED) is 0.556. The third kappa shape index (κ3) is 2.00. The van der Waals surface area contributed by atoms with Gasteiger partial charge in [0.15, 0.2) is 0 Å². The van der Waals surface area contributed by atoms with E-state index in [9.17, 15) is 4.39 Å². The number of hydrogen-bond acceptors (Lipinski definition) is 4. The zero-order valence-corrected chi connectivity index (χ0v) is 10.8. The van der Waals surface area contributed by atoms with E-state index in [1.165, 1.54) is 12.1 Å². The van der Waals surface area contributed by atoms with Crippen LogP contribution in [0, 0.1) is 17.3 Å². The Morgan fingerprint density at radius 1 is 1.22 bits per heavy atom. The monoisotopic (exact) mass is 248 g/mol. The predicted molar refractivity (Wildman–Crippen MR) is 64.6 cm³/mol. The molecule has 4 nitrogen and oxygen atoms in total. The van der Waals surface area contributed by atoms with Crippen molar-refractivity contribution in [2.45, 2.75) is 38.9 Å². The Hall–Kier alpha value is -1.45. The van der Waals surface area contributed by atoms with E-state index in [0.29, 0.717) is 0 Å². The van der Waals surface area contributed by atoms with E-state index in [2.05, 4.69) is 4.98 Å². The van der Waals surface area contributed by atoms with Crippen molar-refractivity contribution < 1.29 is 13.7 Å². The third-order valence-corrected chi connectivity index (χ3v) is 3.50. The Balaban J connectivity index is 2.33. The summed E-state index contributed by atoms with van der Waals surface area (Å²) >= 11 is 0. The molecule has 1 aromatic heterocycles. The van der Waals surface area contributed by atoms with Gasteiger partial charge in [-0.25, -0.2) is 4.98 Å². The first-order chi connectivity index (χ1) is 8.27. The summed E-state index contributed by atoms with van der Waals surface area (Å²) in [6.07, 6.45) is 0. The molecule has 0 aromatic carbocycles. The van der Waals surface area contributed by atoms with Crippen LogP contribution in [0.5, 0.6) is 0 Å². The Morgan fingerprint density at radius 3 is 2.22 bits per heavy atom. The van der Waals surface area contributed by atoms with Crippen molar-refractivity contribution in [3.8, 4) is 6.07 Å². The number of pyridine rings is 1. The molecule has 1 saturated heterocycles. The summed E-state index contributed by atoms with van der Waals surface area (Å²) in [4.78, 5) is 3.54. The molecule has 1 aliphatic heterocycles. The van der Waals surface area contributed by atoms with Gasteiger partial charge in [0.1, 0.15) is 11.8 Å². The van der Waals surface area contributed by atoms with Gasteiger partial charge < -0.3 is 9.31 Å². The Bertz CT molecular complexity index is 509. The van der Waals surface area contributed by atoms with Gasteiger partial charge in [-0.15, -0.1) is 0 Å². The number of nitriles is 1. The minimum absolute atomic E-state index is 0.0350. The average molecular weight is 248 g/mol. The summed E-state index contributed by atoms with van der Waals surface area (Å²) < 4.78 is 25.2. The number of hydrogen-bond donors (Lipinski definition) is 0. The topological polar surface area (TPSA) is 55.1 Å². The van der Waals surface area contributed by atoms with Crippen molar-refractivity contribution in [3.63, 3.8) is 0 Å². The molecule has 0 atom stereocenters. The highest BCUT2D eigenvalue weighted by molar-refractivity contribution is 6.62. The summed E-state index contributed by atoms with van der Waals surface area (Å²) in [6.45, 7) is 7.56. The van der Waals surface area contributed by atoms with Crippen molar-refractivity contribution in [2.24, 2.45) is 0 Å². The molecular formula is C12H14BFN2O2. The largest absolute Gasteiger partial charge is 0.499 e.